The van der Waals surface area contributed by atoms with E-state index in [1.165, 1.54) is 49.1 Å². The molecule has 71 heavy (non-hydrogen) atoms. The Kier molecular flexibility index (Phi) is 19.2. The van der Waals surface area contributed by atoms with Gasteiger partial charge < -0.3 is 37.4 Å². The van der Waals surface area contributed by atoms with Gasteiger partial charge in [0.1, 0.15) is 34.4 Å². The molecule has 2 heterocycles. The number of primary amides is 2. The number of carboxylic acid groups (broad SMARTS) is 1. The number of aromatic nitrogens is 2. The highest BCUT2D eigenvalue weighted by Gasteiger charge is 2.68. The van der Waals surface area contributed by atoms with Crippen molar-refractivity contribution < 1.29 is 68.2 Å². The van der Waals surface area contributed by atoms with Crippen LogP contribution < -0.4 is 22.5 Å². The van der Waals surface area contributed by atoms with Gasteiger partial charge in [-0.15, -0.1) is 0 Å². The first-order chi connectivity index (χ1) is 33.1. The molecule has 2 unspecified atom stereocenters. The molecule has 2 aromatic carbocycles. The second kappa shape index (κ2) is 23.8. The molecule has 4 aromatic rings. The molecule has 0 aliphatic heterocycles. The number of halogens is 10. The molecule has 6 rings (SSSR count). The SMILES string of the molecule is CN(C)[C@H](CN)Cc1cc(F)c(C(N)=O)c(F)c1.CN(C)[C@H](CNC(=O)CC(c1cccnc1)C1(C(F)(F)F)CC1)Cc1cc(F)c(C(N)=O)c(F)c1.O=C(O)CC(c1cccnc1)C1(C(F)(F)F)CC1. The van der Waals surface area contributed by atoms with Gasteiger partial charge in [0.2, 0.25) is 5.91 Å². The first kappa shape index (κ1) is 57.4. The number of nitrogens with one attached hydrogen (secondary N) is 1. The number of nitrogens with zero attached hydrogens (tertiary/aromatic N) is 4. The van der Waals surface area contributed by atoms with E-state index in [9.17, 15) is 63.1 Å². The fourth-order valence-electron chi connectivity index (χ4n) is 8.44. The highest BCUT2D eigenvalue weighted by molar-refractivity contribution is 5.94. The van der Waals surface area contributed by atoms with Gasteiger partial charge in [0.15, 0.2) is 0 Å². The maximum absolute atomic E-state index is 14.1. The van der Waals surface area contributed by atoms with Crippen LogP contribution in [0.4, 0.5) is 43.9 Å². The van der Waals surface area contributed by atoms with Crippen LogP contribution in [-0.2, 0) is 22.4 Å². The largest absolute Gasteiger partial charge is 0.481 e. The molecule has 0 bridgehead atoms. The molecule has 23 heteroatoms. The molecule has 13 nitrogen and oxygen atoms in total. The number of benzene rings is 2. The van der Waals surface area contributed by atoms with Crippen molar-refractivity contribution in [3.63, 3.8) is 0 Å². The van der Waals surface area contributed by atoms with Crippen LogP contribution in [0.2, 0.25) is 0 Å². The van der Waals surface area contributed by atoms with Crippen LogP contribution >= 0.6 is 0 Å². The average Bonchev–Trinajstić information content (AvgIpc) is 4.21. The van der Waals surface area contributed by atoms with E-state index in [-0.39, 0.29) is 56.7 Å². The molecule has 2 aliphatic rings. The summed E-state index contributed by atoms with van der Waals surface area (Å²) in [5.41, 5.74) is 11.5. The van der Waals surface area contributed by atoms with Crippen molar-refractivity contribution in [1.82, 2.24) is 25.1 Å². The van der Waals surface area contributed by atoms with Gasteiger partial charge in [0, 0.05) is 68.2 Å². The average molecular weight is 1020 g/mol. The number of aliphatic carboxylic acids is 1. The lowest BCUT2D eigenvalue weighted by Gasteiger charge is -2.30. The Balaban J connectivity index is 0.000000255. The minimum Gasteiger partial charge on any atom is -0.481 e. The molecule has 2 fully saturated rings. The predicted octanol–water partition coefficient (Wildman–Crippen LogP) is 7.04. The highest BCUT2D eigenvalue weighted by atomic mass is 19.4. The molecular weight excluding hydrogens is 959 g/mol. The first-order valence-corrected chi connectivity index (χ1v) is 22.1. The second-order valence-electron chi connectivity index (χ2n) is 18.1. The molecule has 4 atom stereocenters. The first-order valence-electron chi connectivity index (χ1n) is 22.1. The second-order valence-corrected chi connectivity index (χ2v) is 18.1. The number of carbonyl (C=O) groups excluding carboxylic acids is 3. The van der Waals surface area contributed by atoms with Crippen LogP contribution in [0.1, 0.15) is 93.3 Å². The van der Waals surface area contributed by atoms with E-state index in [2.05, 4.69) is 15.3 Å². The van der Waals surface area contributed by atoms with Gasteiger partial charge in [-0.3, -0.25) is 29.1 Å². The van der Waals surface area contributed by atoms with Gasteiger partial charge in [0.05, 0.1) is 17.3 Å². The third-order valence-corrected chi connectivity index (χ3v) is 12.9. The number of likely N-dealkylation sites (N-methyl/N-ethyl adjacent to an activating group) is 2. The molecule has 388 valence electrons. The summed E-state index contributed by atoms with van der Waals surface area (Å²) in [6.45, 7) is 0.402. The number of carboxylic acids is 1. The van der Waals surface area contributed by atoms with Gasteiger partial charge in [-0.25, -0.2) is 17.6 Å². The standard InChI is InChI=1S/C24H27F5N4O2.C12H12F3NO2.C12H17F2N3O/c1-33(2)16(8-14-9-18(25)21(22(30)35)19(26)10-14)13-32-20(34)11-17(15-4-3-7-31-12-15)23(5-6-23)24(27,28)29;13-12(14,15)11(3-4-11)9(6-10(17)18)8-2-1-5-16-7-8;1-17(2)8(6-15)3-7-4-9(13)11(12(16)18)10(14)5-7/h3-4,7,9-10,12,16-17H,5-6,8,11,13H2,1-2H3,(H2,30,35)(H,32,34);1-2,5,7,9H,3-4,6H2,(H,17,18);4-5,8H,3,6,15H2,1-2H3,(H2,16,18)/t16-,17?;;8-/m0.0/s1. The summed E-state index contributed by atoms with van der Waals surface area (Å²) in [4.78, 5) is 56.9. The van der Waals surface area contributed by atoms with Gasteiger partial charge in [-0.1, -0.05) is 12.1 Å². The molecule has 2 aliphatic carbocycles. The van der Waals surface area contributed by atoms with Crippen LogP contribution in [-0.4, -0.2) is 114 Å². The summed E-state index contributed by atoms with van der Waals surface area (Å²) < 4.78 is 136. The molecule has 0 saturated heterocycles. The van der Waals surface area contributed by atoms with Crippen molar-refractivity contribution in [2.75, 3.05) is 41.3 Å². The molecular formula is C48H56F10N8O5. The number of hydrogen-bond donors (Lipinski definition) is 5. The van der Waals surface area contributed by atoms with Crippen LogP contribution in [0.25, 0.3) is 0 Å². The van der Waals surface area contributed by atoms with Crippen molar-refractivity contribution in [3.8, 4) is 0 Å². The van der Waals surface area contributed by atoms with Crippen molar-refractivity contribution in [3.05, 3.63) is 130 Å². The quantitative estimate of drug-likeness (QED) is 0.0605. The van der Waals surface area contributed by atoms with Gasteiger partial charge in [0.25, 0.3) is 11.8 Å². The highest BCUT2D eigenvalue weighted by Crippen LogP contribution is 2.67. The number of alkyl halides is 6. The van der Waals surface area contributed by atoms with Crippen LogP contribution in [0, 0.1) is 34.1 Å². The van der Waals surface area contributed by atoms with E-state index in [0.29, 0.717) is 29.7 Å². The lowest BCUT2D eigenvalue weighted by molar-refractivity contribution is -0.196. The molecule has 0 radical (unpaired) electrons. The van der Waals surface area contributed by atoms with E-state index < -0.39 is 106 Å². The van der Waals surface area contributed by atoms with Crippen LogP contribution in [0.3, 0.4) is 0 Å². The lowest BCUT2D eigenvalue weighted by Crippen LogP contribution is -2.42. The van der Waals surface area contributed by atoms with Crippen LogP contribution in [0.5, 0.6) is 0 Å². The van der Waals surface area contributed by atoms with Crippen molar-refractivity contribution in [2.24, 2.45) is 28.0 Å². The molecule has 2 saturated carbocycles. The number of amides is 3. The summed E-state index contributed by atoms with van der Waals surface area (Å²) >= 11 is 0. The molecule has 8 N–H and O–H groups in total. The lowest BCUT2D eigenvalue weighted by atomic mass is 9.80. The summed E-state index contributed by atoms with van der Waals surface area (Å²) in [5.74, 6) is -10.3. The van der Waals surface area contributed by atoms with E-state index in [1.54, 1.807) is 19.0 Å². The minimum atomic E-state index is -4.45. The summed E-state index contributed by atoms with van der Waals surface area (Å²) in [7, 11) is 7.06. The van der Waals surface area contributed by atoms with E-state index in [0.717, 1.165) is 24.3 Å². The Morgan fingerprint density at radius 3 is 1.31 bits per heavy atom. The maximum atomic E-state index is 14.1. The zero-order chi connectivity index (χ0) is 53.2. The topological polar surface area (TPSA) is 211 Å². The van der Waals surface area contributed by atoms with Crippen molar-refractivity contribution >= 4 is 23.7 Å². The van der Waals surface area contributed by atoms with E-state index in [1.807, 2.05) is 19.0 Å². The van der Waals surface area contributed by atoms with Crippen molar-refractivity contribution in [1.29, 1.82) is 0 Å². The number of pyridine rings is 2. The number of carbonyl (C=O) groups is 4. The third-order valence-electron chi connectivity index (χ3n) is 12.9. The Hall–Kier alpha value is -6.20. The monoisotopic (exact) mass is 1010 g/mol. The summed E-state index contributed by atoms with van der Waals surface area (Å²) in [6.07, 6.45) is -3.76. The Labute approximate surface area is 403 Å². The van der Waals surface area contributed by atoms with Crippen molar-refractivity contribution in [2.45, 2.75) is 87.6 Å². The minimum absolute atomic E-state index is 0.0106. The fraction of sp³-hybridized carbons (Fsp3) is 0.458. The van der Waals surface area contributed by atoms with E-state index in [4.69, 9.17) is 22.3 Å². The summed E-state index contributed by atoms with van der Waals surface area (Å²) in [5, 5.41) is 11.5. The third kappa shape index (κ3) is 14.7. The Bertz CT molecular complexity index is 2420. The fourth-order valence-corrected chi connectivity index (χ4v) is 8.44. The molecule has 0 spiro atoms. The normalized spacial score (nSPS) is 16.3. The van der Waals surface area contributed by atoms with Crippen LogP contribution in [0.15, 0.2) is 73.3 Å². The number of rotatable bonds is 19. The maximum Gasteiger partial charge on any atom is 0.395 e. The Morgan fingerprint density at radius 1 is 0.662 bits per heavy atom. The number of nitrogens with two attached hydrogens (primary N) is 3. The Morgan fingerprint density at radius 2 is 1.03 bits per heavy atom. The van der Waals surface area contributed by atoms with Gasteiger partial charge >= 0.3 is 18.3 Å². The molecule has 3 amide bonds. The zero-order valence-corrected chi connectivity index (χ0v) is 39.2. The smallest absolute Gasteiger partial charge is 0.395 e. The predicted molar refractivity (Wildman–Crippen MR) is 240 cm³/mol. The van der Waals surface area contributed by atoms with Gasteiger partial charge in [-0.05, 0) is 125 Å². The molecule has 2 aromatic heterocycles. The zero-order valence-electron chi connectivity index (χ0n) is 39.2. The van der Waals surface area contributed by atoms with E-state index >= 15 is 0 Å². The van der Waals surface area contributed by atoms with Gasteiger partial charge in [-0.2, -0.15) is 26.3 Å². The number of hydrogen-bond acceptors (Lipinski definition) is 9. The summed E-state index contributed by atoms with van der Waals surface area (Å²) in [6, 6.07) is 9.90.